The van der Waals surface area contributed by atoms with Crippen LogP contribution in [0.4, 0.5) is 8.78 Å². The normalized spacial score (nSPS) is 12.2. The molecule has 0 N–H and O–H groups in total. The fraction of sp³-hybridized carbons (Fsp3) is 0.158. The lowest BCUT2D eigenvalue weighted by Crippen LogP contribution is -2.30. The Labute approximate surface area is 138 Å². The van der Waals surface area contributed by atoms with Crippen LogP contribution >= 0.6 is 0 Å². The molecule has 1 unspecified atom stereocenters. The summed E-state index contributed by atoms with van der Waals surface area (Å²) in [5, 5.41) is 0.872. The molecule has 24 heavy (non-hydrogen) atoms. The van der Waals surface area contributed by atoms with E-state index in [9.17, 15) is 13.6 Å². The van der Waals surface area contributed by atoms with Crippen LogP contribution in [0.25, 0.3) is 10.9 Å². The lowest BCUT2D eigenvalue weighted by molar-refractivity contribution is 0.0744. The van der Waals surface area contributed by atoms with Crippen molar-refractivity contribution >= 4 is 16.8 Å². The van der Waals surface area contributed by atoms with Gasteiger partial charge in [0.05, 0.1) is 17.1 Å². The first-order chi connectivity index (χ1) is 11.5. The largest absolute Gasteiger partial charge is 0.335 e. The maximum absolute atomic E-state index is 13.4. The van der Waals surface area contributed by atoms with Crippen molar-refractivity contribution in [1.29, 1.82) is 0 Å². The number of pyridine rings is 1. The molecular weight excluding hydrogens is 310 g/mol. The molecular formula is C19H16F2N2O. The zero-order chi connectivity index (χ0) is 17.3. The molecule has 0 radical (unpaired) electrons. The van der Waals surface area contributed by atoms with Gasteiger partial charge in [0.1, 0.15) is 0 Å². The molecule has 5 heteroatoms. The highest BCUT2D eigenvalue weighted by molar-refractivity contribution is 6.05. The minimum Gasteiger partial charge on any atom is -0.335 e. The minimum atomic E-state index is -0.924. The van der Waals surface area contributed by atoms with Crippen molar-refractivity contribution in [2.24, 2.45) is 0 Å². The van der Waals surface area contributed by atoms with Gasteiger partial charge in [-0.3, -0.25) is 9.78 Å². The van der Waals surface area contributed by atoms with E-state index in [-0.39, 0.29) is 5.91 Å². The number of amides is 1. The smallest absolute Gasteiger partial charge is 0.256 e. The van der Waals surface area contributed by atoms with Gasteiger partial charge in [0.25, 0.3) is 5.91 Å². The summed E-state index contributed by atoms with van der Waals surface area (Å²) >= 11 is 0. The number of hydrogen-bond acceptors (Lipinski definition) is 2. The highest BCUT2D eigenvalue weighted by Gasteiger charge is 2.21. The first-order valence-corrected chi connectivity index (χ1v) is 7.55. The average Bonchev–Trinajstić information content (AvgIpc) is 2.61. The fourth-order valence-corrected chi connectivity index (χ4v) is 2.64. The quantitative estimate of drug-likeness (QED) is 0.717. The number of aromatic nitrogens is 1. The van der Waals surface area contributed by atoms with Gasteiger partial charge in [-0.15, -0.1) is 0 Å². The van der Waals surface area contributed by atoms with E-state index in [1.807, 2.05) is 18.2 Å². The number of carbonyl (C=O) groups excluding carboxylic acids is 1. The van der Waals surface area contributed by atoms with Gasteiger partial charge in [-0.25, -0.2) is 8.78 Å². The van der Waals surface area contributed by atoms with Crippen molar-refractivity contribution in [3.8, 4) is 0 Å². The predicted molar refractivity (Wildman–Crippen MR) is 88.6 cm³/mol. The van der Waals surface area contributed by atoms with Crippen LogP contribution < -0.4 is 0 Å². The summed E-state index contributed by atoms with van der Waals surface area (Å²) in [5.41, 5.74) is 1.62. The Hall–Kier alpha value is -2.82. The number of fused-ring (bicyclic) bond motifs is 1. The van der Waals surface area contributed by atoms with E-state index in [4.69, 9.17) is 0 Å². The van der Waals surface area contributed by atoms with Crippen molar-refractivity contribution in [2.75, 3.05) is 7.05 Å². The molecule has 0 aliphatic rings. The van der Waals surface area contributed by atoms with E-state index in [2.05, 4.69) is 4.98 Å². The highest BCUT2D eigenvalue weighted by Crippen LogP contribution is 2.24. The van der Waals surface area contributed by atoms with Gasteiger partial charge < -0.3 is 4.90 Å². The van der Waals surface area contributed by atoms with Crippen molar-refractivity contribution in [3.63, 3.8) is 0 Å². The molecule has 122 valence electrons. The van der Waals surface area contributed by atoms with Crippen molar-refractivity contribution in [1.82, 2.24) is 9.88 Å². The number of halogens is 2. The van der Waals surface area contributed by atoms with E-state index in [0.29, 0.717) is 16.6 Å². The topological polar surface area (TPSA) is 33.2 Å². The number of carbonyl (C=O) groups is 1. The summed E-state index contributed by atoms with van der Waals surface area (Å²) < 4.78 is 26.5. The van der Waals surface area contributed by atoms with Crippen LogP contribution in [0.1, 0.15) is 28.9 Å². The van der Waals surface area contributed by atoms with Crippen LogP contribution in [0.3, 0.4) is 0 Å². The van der Waals surface area contributed by atoms with Crippen LogP contribution in [-0.4, -0.2) is 22.8 Å². The Balaban J connectivity index is 1.94. The number of para-hydroxylation sites is 1. The first kappa shape index (κ1) is 16.1. The molecule has 0 spiro atoms. The maximum atomic E-state index is 13.4. The molecule has 1 heterocycles. The number of hydrogen-bond donors (Lipinski definition) is 0. The van der Waals surface area contributed by atoms with Crippen LogP contribution in [0.2, 0.25) is 0 Å². The lowest BCUT2D eigenvalue weighted by Gasteiger charge is -2.26. The molecule has 0 aliphatic carbocycles. The molecule has 0 fully saturated rings. The van der Waals surface area contributed by atoms with E-state index in [1.54, 1.807) is 32.3 Å². The van der Waals surface area contributed by atoms with Crippen LogP contribution in [0.5, 0.6) is 0 Å². The van der Waals surface area contributed by atoms with Crippen molar-refractivity contribution in [2.45, 2.75) is 13.0 Å². The Bertz CT molecular complexity index is 906. The third-order valence-electron chi connectivity index (χ3n) is 4.19. The summed E-state index contributed by atoms with van der Waals surface area (Å²) in [6.45, 7) is 1.77. The molecule has 1 atom stereocenters. The summed E-state index contributed by atoms with van der Waals surface area (Å²) in [7, 11) is 1.63. The van der Waals surface area contributed by atoms with E-state index < -0.39 is 17.7 Å². The second-order valence-corrected chi connectivity index (χ2v) is 5.65. The van der Waals surface area contributed by atoms with Gasteiger partial charge in [0, 0.05) is 18.6 Å². The van der Waals surface area contributed by atoms with Gasteiger partial charge in [0.2, 0.25) is 0 Å². The molecule has 3 aromatic rings. The Morgan fingerprint density at radius 1 is 1.08 bits per heavy atom. The Kier molecular flexibility index (Phi) is 4.25. The predicted octanol–water partition coefficient (Wildman–Crippen LogP) is 4.35. The highest BCUT2D eigenvalue weighted by atomic mass is 19.2. The van der Waals surface area contributed by atoms with Crippen molar-refractivity contribution in [3.05, 3.63) is 77.5 Å². The second-order valence-electron chi connectivity index (χ2n) is 5.65. The number of rotatable bonds is 3. The van der Waals surface area contributed by atoms with Gasteiger partial charge in [-0.2, -0.15) is 0 Å². The van der Waals surface area contributed by atoms with Crippen LogP contribution in [0, 0.1) is 11.6 Å². The fourth-order valence-electron chi connectivity index (χ4n) is 2.64. The van der Waals surface area contributed by atoms with E-state index >= 15 is 0 Å². The van der Waals surface area contributed by atoms with Gasteiger partial charge in [-0.05, 0) is 36.8 Å². The SMILES string of the molecule is CC(c1ccc(F)c(F)c1)N(C)C(=O)c1cccc2cccnc12. The van der Waals surface area contributed by atoms with E-state index in [0.717, 1.165) is 17.5 Å². The average molecular weight is 326 g/mol. The molecule has 1 amide bonds. The molecule has 0 saturated heterocycles. The summed E-state index contributed by atoms with van der Waals surface area (Å²) in [4.78, 5) is 18.6. The van der Waals surface area contributed by atoms with Crippen molar-refractivity contribution < 1.29 is 13.6 Å². The zero-order valence-corrected chi connectivity index (χ0v) is 13.3. The molecule has 0 aliphatic heterocycles. The maximum Gasteiger partial charge on any atom is 0.256 e. The molecule has 0 bridgehead atoms. The van der Waals surface area contributed by atoms with Crippen LogP contribution in [-0.2, 0) is 0 Å². The first-order valence-electron chi connectivity index (χ1n) is 7.55. The summed E-state index contributed by atoms with van der Waals surface area (Å²) in [6, 6.07) is 12.4. The summed E-state index contributed by atoms with van der Waals surface area (Å²) in [6.07, 6.45) is 1.64. The number of nitrogens with zero attached hydrogens (tertiary/aromatic N) is 2. The Morgan fingerprint density at radius 3 is 2.58 bits per heavy atom. The lowest BCUT2D eigenvalue weighted by atomic mass is 10.0. The third-order valence-corrected chi connectivity index (χ3v) is 4.19. The standard InChI is InChI=1S/C19H16F2N2O/c1-12(14-8-9-16(20)17(21)11-14)23(2)19(24)15-7-3-5-13-6-4-10-22-18(13)15/h3-12H,1-2H3. The molecule has 2 aromatic carbocycles. The van der Waals surface area contributed by atoms with Gasteiger partial charge in [0.15, 0.2) is 11.6 Å². The molecule has 3 nitrogen and oxygen atoms in total. The third kappa shape index (κ3) is 2.85. The van der Waals surface area contributed by atoms with E-state index in [1.165, 1.54) is 11.0 Å². The zero-order valence-electron chi connectivity index (χ0n) is 13.3. The summed E-state index contributed by atoms with van der Waals surface area (Å²) in [5.74, 6) is -2.05. The second kappa shape index (κ2) is 6.35. The molecule has 3 rings (SSSR count). The van der Waals surface area contributed by atoms with Gasteiger partial charge >= 0.3 is 0 Å². The minimum absolute atomic E-state index is 0.225. The number of benzene rings is 2. The molecule has 0 saturated carbocycles. The molecule has 1 aromatic heterocycles. The van der Waals surface area contributed by atoms with Gasteiger partial charge in [-0.1, -0.05) is 24.3 Å². The Morgan fingerprint density at radius 2 is 1.83 bits per heavy atom. The monoisotopic (exact) mass is 326 g/mol. The van der Waals surface area contributed by atoms with Crippen LogP contribution in [0.15, 0.2) is 54.7 Å².